The van der Waals surface area contributed by atoms with Gasteiger partial charge in [0.25, 0.3) is 0 Å². The third-order valence-corrected chi connectivity index (χ3v) is 6.32. The van der Waals surface area contributed by atoms with Crippen LogP contribution in [-0.4, -0.2) is 29.0 Å². The van der Waals surface area contributed by atoms with Crippen molar-refractivity contribution in [2.24, 2.45) is 10.7 Å². The number of amidine groups is 1. The summed E-state index contributed by atoms with van der Waals surface area (Å²) >= 11 is 0. The number of carbonyl (C=O) groups is 1. The second kappa shape index (κ2) is 17.1. The summed E-state index contributed by atoms with van der Waals surface area (Å²) in [5.41, 5.74) is 6.08. The molecule has 2 unspecified atom stereocenters. The standard InChI is InChI=1S/C26H47N3O2/c1-3-4-5-6-7-8-9-10-11-12-13-14-15-16-17-18-19-20-25-28-21-22-29(25,24(2)27)23-26(30)31/h9-10,21-22,24H,3-8,11-20,23,27H2,1-2H3/b10-9+. The van der Waals surface area contributed by atoms with Gasteiger partial charge in [-0.2, -0.15) is 0 Å². The molecule has 5 nitrogen and oxygen atoms in total. The van der Waals surface area contributed by atoms with Gasteiger partial charge in [-0.15, -0.1) is 0 Å². The SMILES string of the molecule is CCCCCCC/C=C/CCCCCCCCCCC1=NC=C[N+]1(CC(=O)[O-])C(C)N. The number of nitrogens with zero attached hydrogens (tertiary/aromatic N) is 2. The van der Waals surface area contributed by atoms with Crippen molar-refractivity contribution < 1.29 is 14.4 Å². The molecule has 0 radical (unpaired) electrons. The number of carbonyl (C=O) groups excluding carboxylic acids is 1. The van der Waals surface area contributed by atoms with Crippen LogP contribution in [0.25, 0.3) is 0 Å². The number of aliphatic imine (C=N–C) groups is 1. The maximum Gasteiger partial charge on any atom is 0.209 e. The van der Waals surface area contributed by atoms with Crippen LogP contribution >= 0.6 is 0 Å². The number of nitrogens with two attached hydrogens (primary N) is 1. The van der Waals surface area contributed by atoms with Gasteiger partial charge in [0.05, 0.1) is 12.2 Å². The van der Waals surface area contributed by atoms with Gasteiger partial charge >= 0.3 is 0 Å². The maximum absolute atomic E-state index is 11.2. The summed E-state index contributed by atoms with van der Waals surface area (Å²) in [5, 5.41) is 11.2. The second-order valence-corrected chi connectivity index (χ2v) is 9.09. The quantitative estimate of drug-likeness (QED) is 0.155. The van der Waals surface area contributed by atoms with Gasteiger partial charge in [0, 0.05) is 13.3 Å². The van der Waals surface area contributed by atoms with Crippen molar-refractivity contribution in [1.29, 1.82) is 0 Å². The highest BCUT2D eigenvalue weighted by Gasteiger charge is 2.38. The van der Waals surface area contributed by atoms with E-state index in [0.29, 0.717) is 0 Å². The monoisotopic (exact) mass is 433 g/mol. The Balaban J connectivity index is 1.98. The van der Waals surface area contributed by atoms with E-state index in [-0.39, 0.29) is 17.2 Å². The van der Waals surface area contributed by atoms with Crippen molar-refractivity contribution in [3.8, 4) is 0 Å². The van der Waals surface area contributed by atoms with Crippen molar-refractivity contribution in [3.63, 3.8) is 0 Å². The lowest BCUT2D eigenvalue weighted by atomic mass is 10.1. The Kier molecular flexibility index (Phi) is 15.2. The third-order valence-electron chi connectivity index (χ3n) is 6.32. The third kappa shape index (κ3) is 11.6. The smallest absolute Gasteiger partial charge is 0.209 e. The lowest BCUT2D eigenvalue weighted by Gasteiger charge is -2.36. The molecule has 178 valence electrons. The molecular weight excluding hydrogens is 386 g/mol. The van der Waals surface area contributed by atoms with Crippen molar-refractivity contribution in [1.82, 2.24) is 0 Å². The average Bonchev–Trinajstić information content (AvgIpc) is 3.13. The molecule has 1 heterocycles. The predicted molar refractivity (Wildman–Crippen MR) is 129 cm³/mol. The molecule has 1 aliphatic heterocycles. The minimum Gasteiger partial charge on any atom is -0.544 e. The molecule has 0 saturated heterocycles. The Hall–Kier alpha value is -1.46. The highest BCUT2D eigenvalue weighted by molar-refractivity contribution is 5.81. The minimum atomic E-state index is -1.09. The number of hydrogen-bond acceptors (Lipinski definition) is 4. The maximum atomic E-state index is 11.2. The van der Waals surface area contributed by atoms with Gasteiger partial charge in [-0.3, -0.25) is 5.73 Å². The van der Waals surface area contributed by atoms with Crippen molar-refractivity contribution in [2.75, 3.05) is 6.54 Å². The molecule has 0 aromatic rings. The van der Waals surface area contributed by atoms with Gasteiger partial charge in [-0.1, -0.05) is 83.3 Å². The molecule has 0 aliphatic carbocycles. The van der Waals surface area contributed by atoms with Crippen molar-refractivity contribution in [3.05, 3.63) is 24.6 Å². The van der Waals surface area contributed by atoms with Gasteiger partial charge < -0.3 is 9.90 Å². The summed E-state index contributed by atoms with van der Waals surface area (Å²) in [7, 11) is 0. The molecule has 31 heavy (non-hydrogen) atoms. The zero-order valence-electron chi connectivity index (χ0n) is 20.2. The fraction of sp³-hybridized carbons (Fsp3) is 0.769. The molecule has 0 spiro atoms. The van der Waals surface area contributed by atoms with E-state index in [2.05, 4.69) is 24.1 Å². The zero-order valence-corrected chi connectivity index (χ0v) is 20.2. The van der Waals surface area contributed by atoms with Gasteiger partial charge in [-0.05, 0) is 32.1 Å². The van der Waals surface area contributed by atoms with Crippen LogP contribution in [0.5, 0.6) is 0 Å². The van der Waals surface area contributed by atoms with E-state index in [1.165, 1.54) is 83.5 Å². The number of allylic oxidation sites excluding steroid dienone is 2. The van der Waals surface area contributed by atoms with Crippen LogP contribution in [-0.2, 0) is 4.79 Å². The number of unbranched alkanes of at least 4 members (excludes halogenated alkanes) is 13. The lowest BCUT2D eigenvalue weighted by molar-refractivity contribution is -0.808. The first kappa shape index (κ1) is 27.6. The molecule has 0 bridgehead atoms. The van der Waals surface area contributed by atoms with E-state index in [1.807, 2.05) is 6.92 Å². The molecule has 5 heteroatoms. The van der Waals surface area contributed by atoms with Crippen LogP contribution in [0.1, 0.15) is 117 Å². The number of rotatable bonds is 20. The lowest BCUT2D eigenvalue weighted by Crippen LogP contribution is -2.60. The molecule has 2 atom stereocenters. The Bertz CT molecular complexity index is 569. The molecule has 0 saturated carbocycles. The van der Waals surface area contributed by atoms with Crippen LogP contribution in [0.4, 0.5) is 0 Å². The molecular formula is C26H47N3O2. The molecule has 1 rings (SSSR count). The Morgan fingerprint density at radius 3 is 2.00 bits per heavy atom. The van der Waals surface area contributed by atoms with Crippen LogP contribution < -0.4 is 10.8 Å². The first-order chi connectivity index (χ1) is 15.0. The van der Waals surface area contributed by atoms with Crippen molar-refractivity contribution in [2.45, 2.75) is 123 Å². The van der Waals surface area contributed by atoms with Gasteiger partial charge in [0.1, 0.15) is 18.9 Å². The summed E-state index contributed by atoms with van der Waals surface area (Å²) in [6.07, 6.45) is 28.0. The van der Waals surface area contributed by atoms with E-state index in [9.17, 15) is 9.90 Å². The molecule has 0 aromatic heterocycles. The van der Waals surface area contributed by atoms with Crippen LogP contribution in [0.2, 0.25) is 0 Å². The molecule has 0 amide bonds. The second-order valence-electron chi connectivity index (χ2n) is 9.09. The van der Waals surface area contributed by atoms with E-state index in [1.54, 1.807) is 12.4 Å². The zero-order chi connectivity index (χ0) is 22.8. The largest absolute Gasteiger partial charge is 0.544 e. The van der Waals surface area contributed by atoms with Gasteiger partial charge in [0.2, 0.25) is 5.84 Å². The molecule has 2 N–H and O–H groups in total. The normalized spacial score (nSPS) is 19.3. The fourth-order valence-corrected chi connectivity index (χ4v) is 4.28. The Morgan fingerprint density at radius 1 is 0.968 bits per heavy atom. The average molecular weight is 434 g/mol. The van der Waals surface area contributed by atoms with E-state index < -0.39 is 5.97 Å². The summed E-state index contributed by atoms with van der Waals surface area (Å²) in [6, 6.07) is 0. The van der Waals surface area contributed by atoms with E-state index in [4.69, 9.17) is 5.73 Å². The summed E-state index contributed by atoms with van der Waals surface area (Å²) < 4.78 is 0.107. The summed E-state index contributed by atoms with van der Waals surface area (Å²) in [5.74, 6) is -0.234. The first-order valence-corrected chi connectivity index (χ1v) is 12.8. The van der Waals surface area contributed by atoms with Gasteiger partial charge in [0.15, 0.2) is 0 Å². The fourth-order valence-electron chi connectivity index (χ4n) is 4.28. The molecule has 0 aromatic carbocycles. The van der Waals surface area contributed by atoms with E-state index >= 15 is 0 Å². The number of aliphatic carboxylic acids is 1. The highest BCUT2D eigenvalue weighted by Crippen LogP contribution is 2.23. The Labute approximate surface area is 191 Å². The van der Waals surface area contributed by atoms with Gasteiger partial charge in [-0.25, -0.2) is 9.48 Å². The Morgan fingerprint density at radius 2 is 1.48 bits per heavy atom. The number of hydrogen-bond donors (Lipinski definition) is 1. The highest BCUT2D eigenvalue weighted by atomic mass is 16.4. The number of carboxylic acids is 1. The number of carboxylic acid groups (broad SMARTS) is 1. The van der Waals surface area contributed by atoms with Crippen LogP contribution in [0.15, 0.2) is 29.5 Å². The molecule has 0 fully saturated rings. The predicted octanol–water partition coefficient (Wildman–Crippen LogP) is 5.56. The minimum absolute atomic E-state index is 0.107. The topological polar surface area (TPSA) is 78.5 Å². The first-order valence-electron chi connectivity index (χ1n) is 12.8. The number of quaternary nitrogens is 1. The van der Waals surface area contributed by atoms with E-state index in [0.717, 1.165) is 25.1 Å². The van der Waals surface area contributed by atoms with Crippen molar-refractivity contribution >= 4 is 11.8 Å². The summed E-state index contributed by atoms with van der Waals surface area (Å²) in [4.78, 5) is 15.6. The molecule has 1 aliphatic rings. The summed E-state index contributed by atoms with van der Waals surface area (Å²) in [6.45, 7) is 3.96. The van der Waals surface area contributed by atoms with Crippen LogP contribution in [0.3, 0.4) is 0 Å². The van der Waals surface area contributed by atoms with Crippen LogP contribution in [0, 0.1) is 0 Å².